The van der Waals surface area contributed by atoms with E-state index in [0.29, 0.717) is 22.8 Å². The third-order valence-electron chi connectivity index (χ3n) is 6.81. The summed E-state index contributed by atoms with van der Waals surface area (Å²) in [5, 5.41) is 2.17. The molecule has 0 saturated carbocycles. The quantitative estimate of drug-likeness (QED) is 0.254. The van der Waals surface area contributed by atoms with Gasteiger partial charge >= 0.3 is 12.1 Å². The highest BCUT2D eigenvalue weighted by Crippen LogP contribution is 2.42. The summed E-state index contributed by atoms with van der Waals surface area (Å²) in [5.41, 5.74) is 1.59. The molecular weight excluding hydrogens is 568 g/mol. The molecule has 0 bridgehead atoms. The summed E-state index contributed by atoms with van der Waals surface area (Å²) in [7, 11) is 1.58. The molecule has 5 rings (SSSR count). The molecule has 0 radical (unpaired) electrons. The molecule has 1 saturated heterocycles. The average molecular weight is 603 g/mol. The first-order valence-corrected chi connectivity index (χ1v) is 14.9. The van der Waals surface area contributed by atoms with E-state index in [1.807, 2.05) is 60.7 Å². The number of rotatable bonds is 9. The molecule has 3 aromatic carbocycles. The Balaban J connectivity index is 1.43. The molecule has 2 aliphatic rings. The van der Waals surface area contributed by atoms with Gasteiger partial charge in [-0.3, -0.25) is 9.69 Å². The largest absolute Gasteiger partial charge is 0.497 e. The van der Waals surface area contributed by atoms with Crippen molar-refractivity contribution >= 4 is 29.7 Å². The van der Waals surface area contributed by atoms with Gasteiger partial charge in [-0.1, -0.05) is 60.7 Å². The van der Waals surface area contributed by atoms with Crippen molar-refractivity contribution in [3.05, 3.63) is 107 Å². The van der Waals surface area contributed by atoms with Crippen LogP contribution in [0, 0.1) is 0 Å². The number of methoxy groups -OCH3 is 1. The first-order chi connectivity index (χ1) is 20.6. The SMILES string of the molecule is COc1ccc(OCC2=C(C(=O)OC(c3ccccc3)c3ccccc3)N3C(=O)C(NC(=O)OC(C)(C)C)[C@H]3SC2)cc1. The molecule has 0 aromatic heterocycles. The number of fused-ring (bicyclic) bond motifs is 1. The van der Waals surface area contributed by atoms with Gasteiger partial charge in [-0.25, -0.2) is 9.59 Å². The van der Waals surface area contributed by atoms with E-state index in [9.17, 15) is 14.4 Å². The monoisotopic (exact) mass is 602 g/mol. The molecule has 10 heteroatoms. The summed E-state index contributed by atoms with van der Waals surface area (Å²) < 4.78 is 22.8. The van der Waals surface area contributed by atoms with E-state index < -0.39 is 41.1 Å². The predicted molar refractivity (Wildman–Crippen MR) is 163 cm³/mol. The molecule has 1 fully saturated rings. The lowest BCUT2D eigenvalue weighted by Crippen LogP contribution is -2.71. The molecule has 0 spiro atoms. The third kappa shape index (κ3) is 6.97. The van der Waals surface area contributed by atoms with Crippen LogP contribution in [-0.2, 0) is 19.1 Å². The van der Waals surface area contributed by atoms with E-state index in [0.717, 1.165) is 11.1 Å². The summed E-state index contributed by atoms with van der Waals surface area (Å²) in [5.74, 6) is 0.588. The van der Waals surface area contributed by atoms with Crippen LogP contribution in [0.25, 0.3) is 0 Å². The van der Waals surface area contributed by atoms with Crippen LogP contribution < -0.4 is 14.8 Å². The number of ether oxygens (including phenoxy) is 4. The Labute approximate surface area is 255 Å². The van der Waals surface area contributed by atoms with Crippen LogP contribution in [0.5, 0.6) is 11.5 Å². The van der Waals surface area contributed by atoms with Crippen LogP contribution in [0.15, 0.2) is 96.2 Å². The van der Waals surface area contributed by atoms with Gasteiger partial charge in [-0.2, -0.15) is 0 Å². The predicted octanol–water partition coefficient (Wildman–Crippen LogP) is 5.47. The Morgan fingerprint density at radius 1 is 0.930 bits per heavy atom. The van der Waals surface area contributed by atoms with Crippen LogP contribution in [-0.4, -0.2) is 59.4 Å². The highest BCUT2D eigenvalue weighted by atomic mass is 32.2. The van der Waals surface area contributed by atoms with Crippen LogP contribution in [0.4, 0.5) is 4.79 Å². The van der Waals surface area contributed by atoms with Gasteiger partial charge in [0.1, 0.15) is 40.8 Å². The van der Waals surface area contributed by atoms with Crippen molar-refractivity contribution in [1.82, 2.24) is 10.2 Å². The van der Waals surface area contributed by atoms with Crippen molar-refractivity contribution in [2.75, 3.05) is 19.5 Å². The van der Waals surface area contributed by atoms with E-state index in [1.54, 1.807) is 52.1 Å². The molecule has 2 aliphatic heterocycles. The summed E-state index contributed by atoms with van der Waals surface area (Å²) in [6.45, 7) is 5.31. The average Bonchev–Trinajstić information content (AvgIpc) is 3.01. The molecule has 1 unspecified atom stereocenters. The van der Waals surface area contributed by atoms with Crippen LogP contribution in [0.3, 0.4) is 0 Å². The van der Waals surface area contributed by atoms with E-state index in [-0.39, 0.29) is 12.3 Å². The van der Waals surface area contributed by atoms with Crippen molar-refractivity contribution in [2.45, 2.75) is 43.9 Å². The minimum absolute atomic E-state index is 0.0613. The second kappa shape index (κ2) is 12.8. The summed E-state index contributed by atoms with van der Waals surface area (Å²) in [4.78, 5) is 41.4. The summed E-state index contributed by atoms with van der Waals surface area (Å²) in [6, 6.07) is 25.1. The number of β-lactam (4-membered cyclic amide) rings is 1. The number of hydrogen-bond acceptors (Lipinski definition) is 8. The number of hydrogen-bond donors (Lipinski definition) is 1. The zero-order chi connectivity index (χ0) is 30.6. The fourth-order valence-corrected chi connectivity index (χ4v) is 6.13. The maximum absolute atomic E-state index is 14.0. The van der Waals surface area contributed by atoms with Crippen molar-refractivity contribution < 1.29 is 33.3 Å². The molecule has 9 nitrogen and oxygen atoms in total. The van der Waals surface area contributed by atoms with Gasteiger partial charge in [-0.05, 0) is 56.2 Å². The van der Waals surface area contributed by atoms with Crippen molar-refractivity contribution in [3.8, 4) is 11.5 Å². The Hall–Kier alpha value is -4.44. The molecular formula is C33H34N2O7S. The number of nitrogens with one attached hydrogen (secondary N) is 1. The number of benzene rings is 3. The first kappa shape index (κ1) is 30.0. The molecule has 1 N–H and O–H groups in total. The van der Waals surface area contributed by atoms with Crippen molar-refractivity contribution in [3.63, 3.8) is 0 Å². The summed E-state index contributed by atoms with van der Waals surface area (Å²) in [6.07, 6.45) is -1.40. The van der Waals surface area contributed by atoms with Crippen LogP contribution in [0.1, 0.15) is 38.0 Å². The number of amides is 2. The zero-order valence-electron chi connectivity index (χ0n) is 24.4. The lowest BCUT2D eigenvalue weighted by atomic mass is 10.0. The van der Waals surface area contributed by atoms with E-state index in [4.69, 9.17) is 18.9 Å². The molecule has 224 valence electrons. The Morgan fingerprint density at radius 3 is 2.07 bits per heavy atom. The molecule has 2 atom stereocenters. The molecule has 2 amide bonds. The van der Waals surface area contributed by atoms with Crippen molar-refractivity contribution in [2.24, 2.45) is 0 Å². The Morgan fingerprint density at radius 2 is 1.51 bits per heavy atom. The van der Waals surface area contributed by atoms with Gasteiger partial charge in [0.25, 0.3) is 5.91 Å². The fourth-order valence-electron chi connectivity index (χ4n) is 4.81. The molecule has 43 heavy (non-hydrogen) atoms. The molecule has 3 aromatic rings. The molecule has 0 aliphatic carbocycles. The topological polar surface area (TPSA) is 103 Å². The van der Waals surface area contributed by atoms with E-state index in [1.165, 1.54) is 16.7 Å². The zero-order valence-corrected chi connectivity index (χ0v) is 25.3. The Bertz CT molecular complexity index is 1450. The van der Waals surface area contributed by atoms with Gasteiger partial charge < -0.3 is 24.3 Å². The normalized spacial score (nSPS) is 18.0. The van der Waals surface area contributed by atoms with Crippen molar-refractivity contribution in [1.29, 1.82) is 0 Å². The van der Waals surface area contributed by atoms with Gasteiger partial charge in [0.05, 0.1) is 7.11 Å². The minimum Gasteiger partial charge on any atom is -0.497 e. The van der Waals surface area contributed by atoms with E-state index in [2.05, 4.69) is 5.32 Å². The standard InChI is InChI=1S/C33H34N2O7S/c1-33(2,3)42-32(38)34-26-29(36)35-27(23(20-43-30(26)35)19-40-25-17-15-24(39-4)16-18-25)31(37)41-28(21-11-7-5-8-12-21)22-13-9-6-10-14-22/h5-18,26,28,30H,19-20H2,1-4H3,(H,34,38)/t26?,30-/m1/s1. The van der Waals surface area contributed by atoms with Gasteiger partial charge in [0.15, 0.2) is 6.10 Å². The Kier molecular flexibility index (Phi) is 8.96. The summed E-state index contributed by atoms with van der Waals surface area (Å²) >= 11 is 1.44. The lowest BCUT2D eigenvalue weighted by molar-refractivity contribution is -0.153. The first-order valence-electron chi connectivity index (χ1n) is 13.9. The second-order valence-electron chi connectivity index (χ2n) is 11.1. The number of esters is 1. The number of carbonyl (C=O) groups excluding carboxylic acids is 3. The van der Waals surface area contributed by atoms with Gasteiger partial charge in [0.2, 0.25) is 0 Å². The maximum atomic E-state index is 14.0. The smallest absolute Gasteiger partial charge is 0.408 e. The maximum Gasteiger partial charge on any atom is 0.408 e. The van der Waals surface area contributed by atoms with Gasteiger partial charge in [-0.15, -0.1) is 11.8 Å². The van der Waals surface area contributed by atoms with Gasteiger partial charge in [0, 0.05) is 11.3 Å². The minimum atomic E-state index is -0.842. The highest BCUT2D eigenvalue weighted by molar-refractivity contribution is 8.00. The second-order valence-corrected chi connectivity index (χ2v) is 12.2. The highest BCUT2D eigenvalue weighted by Gasteiger charge is 2.55. The molecule has 2 heterocycles. The van der Waals surface area contributed by atoms with Crippen LogP contribution in [0.2, 0.25) is 0 Å². The number of thioether (sulfide) groups is 1. The number of carbonyl (C=O) groups is 3. The number of nitrogens with zero attached hydrogens (tertiary/aromatic N) is 1. The third-order valence-corrected chi connectivity index (χ3v) is 8.15. The van der Waals surface area contributed by atoms with Crippen LogP contribution >= 0.6 is 11.8 Å². The number of alkyl carbamates (subject to hydrolysis) is 1. The lowest BCUT2D eigenvalue weighted by Gasteiger charge is -2.49. The van der Waals surface area contributed by atoms with E-state index >= 15 is 0 Å². The fraction of sp³-hybridized carbons (Fsp3) is 0.303.